The molecule has 1 atom stereocenters. The molecule has 1 nitrogen and oxygen atoms in total. The van der Waals surface area contributed by atoms with E-state index in [0.29, 0.717) is 5.73 Å². The quantitative estimate of drug-likeness (QED) is 0.524. The lowest BCUT2D eigenvalue weighted by Gasteiger charge is -2.12. The van der Waals surface area contributed by atoms with Crippen LogP contribution in [0.15, 0.2) is 0 Å². The SMILES string of the molecule is [CH2]C(OCC)[SiH](C)C. The molecule has 0 N–H and O–H groups in total. The van der Waals surface area contributed by atoms with E-state index in [2.05, 4.69) is 20.0 Å². The highest BCUT2D eigenvalue weighted by Gasteiger charge is 2.05. The molecule has 0 aliphatic heterocycles. The van der Waals surface area contributed by atoms with E-state index in [1.807, 2.05) is 6.92 Å². The topological polar surface area (TPSA) is 9.23 Å². The van der Waals surface area contributed by atoms with Crippen molar-refractivity contribution in [3.63, 3.8) is 0 Å². The standard InChI is InChI=1S/C6H15OSi/c1-5-7-6(2)8(3)4/h6,8H,2,5H2,1,3-4H3. The minimum Gasteiger partial charge on any atom is -0.382 e. The first-order valence-electron chi connectivity index (χ1n) is 3.13. The third-order valence-electron chi connectivity index (χ3n) is 1.12. The highest BCUT2D eigenvalue weighted by molar-refractivity contribution is 6.57. The Morgan fingerprint density at radius 2 is 2.12 bits per heavy atom. The Bertz CT molecular complexity index is 54.5. The van der Waals surface area contributed by atoms with Crippen LogP contribution >= 0.6 is 0 Å². The second-order valence-electron chi connectivity index (χ2n) is 2.24. The monoisotopic (exact) mass is 131 g/mol. The van der Waals surface area contributed by atoms with Crippen LogP contribution in [0.25, 0.3) is 0 Å². The highest BCUT2D eigenvalue weighted by Crippen LogP contribution is 1.94. The average Bonchev–Trinajstić information content (AvgIpc) is 1.67. The van der Waals surface area contributed by atoms with Gasteiger partial charge in [-0.25, -0.2) is 0 Å². The lowest BCUT2D eigenvalue weighted by molar-refractivity contribution is 0.143. The van der Waals surface area contributed by atoms with Gasteiger partial charge in [-0.2, -0.15) is 0 Å². The first-order chi connectivity index (χ1) is 3.68. The maximum Gasteiger partial charge on any atom is 0.0656 e. The molecule has 49 valence electrons. The Morgan fingerprint density at radius 3 is 2.25 bits per heavy atom. The molecule has 2 heteroatoms. The minimum atomic E-state index is -0.616. The smallest absolute Gasteiger partial charge is 0.0656 e. The lowest BCUT2D eigenvalue weighted by atomic mass is 10.8. The summed E-state index contributed by atoms with van der Waals surface area (Å²) in [5.74, 6) is 0. The molecule has 0 aromatic rings. The van der Waals surface area contributed by atoms with Crippen LogP contribution in [0.1, 0.15) is 6.92 Å². The minimum absolute atomic E-state index is 0.306. The summed E-state index contributed by atoms with van der Waals surface area (Å²) in [5.41, 5.74) is 0.306. The van der Waals surface area contributed by atoms with E-state index < -0.39 is 8.80 Å². The van der Waals surface area contributed by atoms with Crippen LogP contribution in [0.4, 0.5) is 0 Å². The molecule has 0 saturated carbocycles. The Morgan fingerprint density at radius 1 is 1.62 bits per heavy atom. The number of hydrogen-bond donors (Lipinski definition) is 0. The van der Waals surface area contributed by atoms with Gasteiger partial charge in [-0.15, -0.1) is 0 Å². The first kappa shape index (κ1) is 8.18. The molecule has 0 rings (SSSR count). The normalized spacial score (nSPS) is 14.6. The Kier molecular flexibility index (Phi) is 4.19. The van der Waals surface area contributed by atoms with Crippen molar-refractivity contribution in [1.29, 1.82) is 0 Å². The molecule has 0 aromatic carbocycles. The summed E-state index contributed by atoms with van der Waals surface area (Å²) >= 11 is 0. The van der Waals surface area contributed by atoms with Crippen LogP contribution in [0, 0.1) is 6.92 Å². The van der Waals surface area contributed by atoms with Crippen molar-refractivity contribution in [2.75, 3.05) is 6.61 Å². The summed E-state index contributed by atoms with van der Waals surface area (Å²) in [6.45, 7) is 11.2. The van der Waals surface area contributed by atoms with E-state index in [0.717, 1.165) is 6.61 Å². The van der Waals surface area contributed by atoms with Crippen molar-refractivity contribution < 1.29 is 4.74 Å². The van der Waals surface area contributed by atoms with Gasteiger partial charge in [-0.05, 0) is 13.8 Å². The average molecular weight is 131 g/mol. The van der Waals surface area contributed by atoms with E-state index in [-0.39, 0.29) is 0 Å². The molecule has 0 heterocycles. The summed E-state index contributed by atoms with van der Waals surface area (Å²) in [6, 6.07) is 0. The van der Waals surface area contributed by atoms with E-state index in [1.165, 1.54) is 0 Å². The van der Waals surface area contributed by atoms with E-state index in [1.54, 1.807) is 0 Å². The van der Waals surface area contributed by atoms with Crippen molar-refractivity contribution in [2.45, 2.75) is 25.7 Å². The van der Waals surface area contributed by atoms with Gasteiger partial charge in [0.15, 0.2) is 0 Å². The molecule has 1 unspecified atom stereocenters. The summed E-state index contributed by atoms with van der Waals surface area (Å²) in [5, 5.41) is 0. The van der Waals surface area contributed by atoms with Crippen LogP contribution < -0.4 is 0 Å². The second-order valence-corrected chi connectivity index (χ2v) is 5.47. The van der Waals surface area contributed by atoms with Gasteiger partial charge in [0.05, 0.1) is 8.80 Å². The van der Waals surface area contributed by atoms with Crippen molar-refractivity contribution in [1.82, 2.24) is 0 Å². The molecular weight excluding hydrogens is 116 g/mol. The van der Waals surface area contributed by atoms with Gasteiger partial charge < -0.3 is 4.74 Å². The maximum atomic E-state index is 5.25. The zero-order valence-electron chi connectivity index (χ0n) is 5.98. The van der Waals surface area contributed by atoms with Gasteiger partial charge in [0.25, 0.3) is 0 Å². The molecule has 0 aliphatic rings. The zero-order valence-corrected chi connectivity index (χ0v) is 7.13. The summed E-state index contributed by atoms with van der Waals surface area (Å²) in [4.78, 5) is 0. The Labute approximate surface area is 53.7 Å². The fourth-order valence-corrected chi connectivity index (χ4v) is 0.984. The van der Waals surface area contributed by atoms with E-state index >= 15 is 0 Å². The number of hydrogen-bond acceptors (Lipinski definition) is 1. The Hall–Kier alpha value is 0.177. The van der Waals surface area contributed by atoms with E-state index in [4.69, 9.17) is 4.74 Å². The van der Waals surface area contributed by atoms with Gasteiger partial charge in [0, 0.05) is 12.3 Å². The largest absolute Gasteiger partial charge is 0.382 e. The number of ether oxygens (including phenoxy) is 1. The molecule has 1 radical (unpaired) electrons. The van der Waals surface area contributed by atoms with Crippen molar-refractivity contribution in [2.24, 2.45) is 0 Å². The van der Waals surface area contributed by atoms with Gasteiger partial charge >= 0.3 is 0 Å². The third kappa shape index (κ3) is 3.21. The molecular formula is C6H15OSi. The van der Waals surface area contributed by atoms with Crippen molar-refractivity contribution in [3.8, 4) is 0 Å². The second kappa shape index (κ2) is 4.10. The predicted molar refractivity (Wildman–Crippen MR) is 39.6 cm³/mol. The van der Waals surface area contributed by atoms with Gasteiger partial charge in [-0.1, -0.05) is 13.1 Å². The predicted octanol–water partition coefficient (Wildman–Crippen LogP) is 1.25. The van der Waals surface area contributed by atoms with Crippen LogP contribution in [-0.4, -0.2) is 21.1 Å². The molecule has 8 heavy (non-hydrogen) atoms. The fraction of sp³-hybridized carbons (Fsp3) is 0.833. The Balaban J connectivity index is 3.17. The van der Waals surface area contributed by atoms with Crippen molar-refractivity contribution >= 4 is 8.80 Å². The number of rotatable bonds is 3. The van der Waals surface area contributed by atoms with Crippen LogP contribution in [0.3, 0.4) is 0 Å². The molecule has 0 aliphatic carbocycles. The van der Waals surface area contributed by atoms with Crippen LogP contribution in [0.2, 0.25) is 13.1 Å². The fourth-order valence-electron chi connectivity index (χ4n) is 0.407. The van der Waals surface area contributed by atoms with Gasteiger partial charge in [0.1, 0.15) is 0 Å². The highest BCUT2D eigenvalue weighted by atomic mass is 28.3. The van der Waals surface area contributed by atoms with Crippen LogP contribution in [-0.2, 0) is 4.74 Å². The maximum absolute atomic E-state index is 5.25. The molecule has 0 bridgehead atoms. The van der Waals surface area contributed by atoms with Gasteiger partial charge in [0.2, 0.25) is 0 Å². The summed E-state index contributed by atoms with van der Waals surface area (Å²) < 4.78 is 5.25. The molecule has 0 spiro atoms. The first-order valence-corrected chi connectivity index (χ1v) is 6.10. The van der Waals surface area contributed by atoms with E-state index in [9.17, 15) is 0 Å². The summed E-state index contributed by atoms with van der Waals surface area (Å²) in [6.07, 6.45) is 0. The van der Waals surface area contributed by atoms with Crippen LogP contribution in [0.5, 0.6) is 0 Å². The molecule has 0 fully saturated rings. The molecule has 0 saturated heterocycles. The zero-order chi connectivity index (χ0) is 6.57. The lowest BCUT2D eigenvalue weighted by Crippen LogP contribution is -2.24. The third-order valence-corrected chi connectivity index (χ3v) is 2.80. The molecule has 0 aromatic heterocycles. The summed E-state index contributed by atoms with van der Waals surface area (Å²) in [7, 11) is -0.616. The van der Waals surface area contributed by atoms with Crippen molar-refractivity contribution in [3.05, 3.63) is 6.92 Å². The molecule has 0 amide bonds. The van der Waals surface area contributed by atoms with Gasteiger partial charge in [-0.3, -0.25) is 0 Å².